The van der Waals surface area contributed by atoms with Crippen molar-refractivity contribution in [2.24, 2.45) is 29.6 Å². The van der Waals surface area contributed by atoms with Crippen molar-refractivity contribution in [1.29, 1.82) is 0 Å². The van der Waals surface area contributed by atoms with Crippen LogP contribution in [0.1, 0.15) is 78.7 Å². The maximum atomic E-state index is 15.0. The van der Waals surface area contributed by atoms with E-state index in [9.17, 15) is 42.7 Å². The third-order valence-corrected chi connectivity index (χ3v) is 9.00. The largest absolute Gasteiger partial charge is 0.481 e. The molecular formula is C34H46F2N2O8. The van der Waals surface area contributed by atoms with E-state index >= 15 is 0 Å². The molecule has 12 heteroatoms. The van der Waals surface area contributed by atoms with Gasteiger partial charge in [0.15, 0.2) is 11.6 Å². The Kier molecular flexibility index (Phi) is 12.6. The smallest absolute Gasteiger partial charge is 0.408 e. The number of carbonyl (C=O) groups is 6. The predicted octanol–water partition coefficient (Wildman–Crippen LogP) is 4.87. The summed E-state index contributed by atoms with van der Waals surface area (Å²) < 4.78 is 35.0. The van der Waals surface area contributed by atoms with Gasteiger partial charge in [-0.3, -0.25) is 24.0 Å². The van der Waals surface area contributed by atoms with E-state index in [-0.39, 0.29) is 25.8 Å². The number of alkyl halides is 2. The minimum absolute atomic E-state index is 0.00187. The SMILES string of the molecule is CCCC(CC(=O)[C@@H]1[C@H]2CCC(F)(F)[C@H]2CN1C(=O)[C@@H](NC(=O)OC(C)C)C(C)C)C(=O)C(=O)C[C@@H](Cc1ccccc1)C(=O)O. The molecule has 10 nitrogen and oxygen atoms in total. The van der Waals surface area contributed by atoms with E-state index in [1.807, 2.05) is 0 Å². The van der Waals surface area contributed by atoms with Crippen LogP contribution in [0, 0.1) is 29.6 Å². The molecule has 1 saturated heterocycles. The molecule has 1 unspecified atom stereocenters. The predicted molar refractivity (Wildman–Crippen MR) is 164 cm³/mol. The van der Waals surface area contributed by atoms with Crippen LogP contribution < -0.4 is 5.32 Å². The number of likely N-dealkylation sites (tertiary alicyclic amines) is 1. The number of ketones is 3. The van der Waals surface area contributed by atoms with Gasteiger partial charge in [0, 0.05) is 37.6 Å². The Morgan fingerprint density at radius 1 is 1.02 bits per heavy atom. The standard InChI is InChI=1S/C34H46F2N2O8/c1-6-10-22(30(41)27(40)17-23(32(43)44)15-21-11-8-7-9-12-21)16-26(39)29-24-13-14-34(35,36)25(24)18-38(29)31(42)28(19(2)3)37-33(45)46-20(4)5/h7-9,11-12,19-20,22-25,28-29H,6,10,13-18H2,1-5H3,(H,37,45)(H,43,44)/t22?,23-,24+,25+,28+,29+/m1/s1. The van der Waals surface area contributed by atoms with E-state index < -0.39 is 108 Å². The molecule has 2 aliphatic rings. The highest BCUT2D eigenvalue weighted by molar-refractivity contribution is 6.38. The topological polar surface area (TPSA) is 147 Å². The first-order valence-corrected chi connectivity index (χ1v) is 16.1. The summed E-state index contributed by atoms with van der Waals surface area (Å²) in [6.45, 7) is 7.98. The maximum Gasteiger partial charge on any atom is 0.408 e. The van der Waals surface area contributed by atoms with Crippen molar-refractivity contribution in [3.8, 4) is 0 Å². The van der Waals surface area contributed by atoms with Crippen LogP contribution in [-0.2, 0) is 35.1 Å². The highest BCUT2D eigenvalue weighted by atomic mass is 19.3. The first-order chi connectivity index (χ1) is 21.6. The average molecular weight is 649 g/mol. The lowest BCUT2D eigenvalue weighted by Gasteiger charge is -2.32. The maximum absolute atomic E-state index is 15.0. The van der Waals surface area contributed by atoms with Crippen molar-refractivity contribution in [3.05, 3.63) is 35.9 Å². The van der Waals surface area contributed by atoms with E-state index in [2.05, 4.69) is 5.32 Å². The quantitative estimate of drug-likeness (QED) is 0.242. The van der Waals surface area contributed by atoms with Crippen molar-refractivity contribution < 1.29 is 47.4 Å². The molecule has 254 valence electrons. The lowest BCUT2D eigenvalue weighted by atomic mass is 9.82. The van der Waals surface area contributed by atoms with Crippen molar-refractivity contribution in [2.45, 2.75) is 104 Å². The van der Waals surface area contributed by atoms with Gasteiger partial charge in [0.05, 0.1) is 18.1 Å². The first kappa shape index (κ1) is 36.8. The summed E-state index contributed by atoms with van der Waals surface area (Å²) >= 11 is 0. The number of carboxylic acids is 1. The Hall–Kier alpha value is -3.70. The molecule has 1 aromatic rings. The molecule has 2 amide bonds. The molecule has 0 radical (unpaired) electrons. The minimum Gasteiger partial charge on any atom is -0.481 e. The number of fused-ring (bicyclic) bond motifs is 1. The van der Waals surface area contributed by atoms with Crippen molar-refractivity contribution in [1.82, 2.24) is 10.2 Å². The number of benzene rings is 1. The van der Waals surface area contributed by atoms with Gasteiger partial charge in [0.25, 0.3) is 5.92 Å². The van der Waals surface area contributed by atoms with Crippen LogP contribution in [0.5, 0.6) is 0 Å². The van der Waals surface area contributed by atoms with Crippen molar-refractivity contribution in [2.75, 3.05) is 6.54 Å². The number of Topliss-reactive ketones (excluding diaryl/α,β-unsaturated/α-hetero) is 3. The normalized spacial score (nSPS) is 22.2. The van der Waals surface area contributed by atoms with E-state index in [0.29, 0.717) is 12.0 Å². The number of halogens is 2. The highest BCUT2D eigenvalue weighted by Crippen LogP contribution is 2.51. The number of amides is 2. The second kappa shape index (κ2) is 15.7. The molecule has 0 aromatic heterocycles. The van der Waals surface area contributed by atoms with Gasteiger partial charge in [0.2, 0.25) is 11.7 Å². The summed E-state index contributed by atoms with van der Waals surface area (Å²) in [4.78, 5) is 79.7. The third-order valence-electron chi connectivity index (χ3n) is 9.00. The number of ether oxygens (including phenoxy) is 1. The van der Waals surface area contributed by atoms with Crippen LogP contribution >= 0.6 is 0 Å². The Labute approximate surface area is 268 Å². The molecule has 0 bridgehead atoms. The van der Waals surface area contributed by atoms with E-state index in [1.165, 1.54) is 0 Å². The number of hydrogen-bond acceptors (Lipinski definition) is 7. The zero-order valence-electron chi connectivity index (χ0n) is 27.2. The monoisotopic (exact) mass is 648 g/mol. The molecular weight excluding hydrogens is 602 g/mol. The van der Waals surface area contributed by atoms with E-state index in [4.69, 9.17) is 4.74 Å². The van der Waals surface area contributed by atoms with Crippen LogP contribution in [0.4, 0.5) is 13.6 Å². The van der Waals surface area contributed by atoms with Gasteiger partial charge < -0.3 is 20.1 Å². The number of aliphatic carboxylic acids is 1. The molecule has 1 aliphatic carbocycles. The molecule has 0 spiro atoms. The fraction of sp³-hybridized carbons (Fsp3) is 0.647. The van der Waals surface area contributed by atoms with Gasteiger partial charge in [0.1, 0.15) is 6.04 Å². The number of carboxylic acid groups (broad SMARTS) is 1. The first-order valence-electron chi connectivity index (χ1n) is 16.1. The van der Waals surface area contributed by atoms with Crippen LogP contribution in [0.3, 0.4) is 0 Å². The van der Waals surface area contributed by atoms with Gasteiger partial charge in [-0.05, 0) is 50.5 Å². The van der Waals surface area contributed by atoms with Crippen molar-refractivity contribution in [3.63, 3.8) is 0 Å². The molecule has 1 aliphatic heterocycles. The Morgan fingerprint density at radius 3 is 2.24 bits per heavy atom. The lowest BCUT2D eigenvalue weighted by molar-refractivity contribution is -0.146. The summed E-state index contributed by atoms with van der Waals surface area (Å²) in [6.07, 6.45) is -2.14. The van der Waals surface area contributed by atoms with Crippen LogP contribution in [0.25, 0.3) is 0 Å². The number of nitrogens with zero attached hydrogens (tertiary/aromatic N) is 1. The lowest BCUT2D eigenvalue weighted by Crippen LogP contribution is -2.55. The summed E-state index contributed by atoms with van der Waals surface area (Å²) in [5, 5.41) is 12.2. The molecule has 1 heterocycles. The zero-order valence-corrected chi connectivity index (χ0v) is 27.2. The summed E-state index contributed by atoms with van der Waals surface area (Å²) in [6, 6.07) is 6.28. The molecule has 3 rings (SSSR count). The number of hydrogen-bond donors (Lipinski definition) is 2. The fourth-order valence-corrected chi connectivity index (χ4v) is 6.70. The molecule has 2 fully saturated rings. The van der Waals surface area contributed by atoms with Gasteiger partial charge in [-0.1, -0.05) is 57.5 Å². The number of nitrogens with one attached hydrogen (secondary N) is 1. The third kappa shape index (κ3) is 8.97. The summed E-state index contributed by atoms with van der Waals surface area (Å²) in [5.74, 6) is -12.2. The van der Waals surface area contributed by atoms with E-state index in [1.54, 1.807) is 65.0 Å². The van der Waals surface area contributed by atoms with Crippen LogP contribution in [0.15, 0.2) is 30.3 Å². The molecule has 1 saturated carbocycles. The number of carbonyl (C=O) groups excluding carboxylic acids is 5. The second-order valence-corrected chi connectivity index (χ2v) is 13.2. The Morgan fingerprint density at radius 2 is 1.67 bits per heavy atom. The molecule has 1 aromatic carbocycles. The summed E-state index contributed by atoms with van der Waals surface area (Å²) in [5.41, 5.74) is 0.691. The van der Waals surface area contributed by atoms with Gasteiger partial charge >= 0.3 is 12.1 Å². The van der Waals surface area contributed by atoms with Crippen LogP contribution in [-0.4, -0.2) is 76.0 Å². The number of alkyl carbamates (subject to hydrolysis) is 1. The molecule has 2 N–H and O–H groups in total. The Bertz CT molecular complexity index is 1280. The van der Waals surface area contributed by atoms with Crippen LogP contribution in [0.2, 0.25) is 0 Å². The minimum atomic E-state index is -3.10. The highest BCUT2D eigenvalue weighted by Gasteiger charge is 2.61. The Balaban J connectivity index is 1.83. The zero-order chi connectivity index (χ0) is 34.3. The van der Waals surface area contributed by atoms with Gasteiger partial charge in [-0.25, -0.2) is 13.6 Å². The summed E-state index contributed by atoms with van der Waals surface area (Å²) in [7, 11) is 0. The molecule has 6 atom stereocenters. The average Bonchev–Trinajstić information content (AvgIpc) is 3.51. The van der Waals surface area contributed by atoms with Crippen molar-refractivity contribution >= 4 is 35.3 Å². The second-order valence-electron chi connectivity index (χ2n) is 13.2. The number of rotatable bonds is 16. The van der Waals surface area contributed by atoms with Gasteiger partial charge in [-0.2, -0.15) is 0 Å². The van der Waals surface area contributed by atoms with E-state index in [0.717, 1.165) is 4.90 Å². The fourth-order valence-electron chi connectivity index (χ4n) is 6.70. The van der Waals surface area contributed by atoms with Gasteiger partial charge in [-0.15, -0.1) is 0 Å². The molecule has 46 heavy (non-hydrogen) atoms.